The van der Waals surface area contributed by atoms with E-state index >= 15 is 0 Å². The van der Waals surface area contributed by atoms with E-state index in [-0.39, 0.29) is 17.9 Å². The minimum Gasteiger partial charge on any atom is -0.354 e. The van der Waals surface area contributed by atoms with Crippen LogP contribution in [0.5, 0.6) is 0 Å². The Morgan fingerprint density at radius 2 is 1.85 bits per heavy atom. The van der Waals surface area contributed by atoms with Gasteiger partial charge in [0.2, 0.25) is 11.8 Å². The van der Waals surface area contributed by atoms with Gasteiger partial charge in [0.15, 0.2) is 0 Å². The van der Waals surface area contributed by atoms with Crippen molar-refractivity contribution in [2.45, 2.75) is 63.5 Å². The van der Waals surface area contributed by atoms with Gasteiger partial charge in [-0.25, -0.2) is 0 Å². The van der Waals surface area contributed by atoms with Crippen LogP contribution in [-0.4, -0.2) is 42.4 Å². The number of carbonyl (C=O) groups excluding carboxylic acids is 2. The number of nitrogens with zero attached hydrogens (tertiary/aromatic N) is 1. The zero-order chi connectivity index (χ0) is 19.1. The predicted octanol–water partition coefficient (Wildman–Crippen LogP) is 3.54. The fraction of sp³-hybridized carbons (Fsp3) is 0.619. The Hall–Kier alpha value is -1.40. The fourth-order valence-electron chi connectivity index (χ4n) is 4.15. The number of amides is 2. The molecule has 1 aliphatic heterocycles. The molecule has 2 aliphatic rings. The molecule has 1 saturated carbocycles. The standard InChI is InChI=1S/C21H30BrN3O2/c22-17-8-6-7-16(15-17)20(25-13-4-5-14-25)21(27)23-12-11-19(26)24-18-9-2-1-3-10-18/h6-8,15,18,20H,1-5,9-14H2,(H,23,27)(H,24,26). The van der Waals surface area contributed by atoms with E-state index in [1.54, 1.807) is 0 Å². The van der Waals surface area contributed by atoms with Crippen molar-refractivity contribution >= 4 is 27.7 Å². The number of hydrogen-bond acceptors (Lipinski definition) is 3. The number of hydrogen-bond donors (Lipinski definition) is 2. The molecule has 2 N–H and O–H groups in total. The topological polar surface area (TPSA) is 61.4 Å². The highest BCUT2D eigenvalue weighted by Gasteiger charge is 2.29. The highest BCUT2D eigenvalue weighted by molar-refractivity contribution is 9.10. The molecule has 1 saturated heterocycles. The SMILES string of the molecule is O=C(CCNC(=O)C(c1cccc(Br)c1)N1CCCC1)NC1CCCCC1. The van der Waals surface area contributed by atoms with Crippen LogP contribution in [0.4, 0.5) is 0 Å². The lowest BCUT2D eigenvalue weighted by molar-refractivity contribution is -0.126. The Morgan fingerprint density at radius 1 is 1.11 bits per heavy atom. The zero-order valence-electron chi connectivity index (χ0n) is 15.9. The second kappa shape index (κ2) is 10.2. The molecular formula is C21H30BrN3O2. The van der Waals surface area contributed by atoms with Gasteiger partial charge in [-0.3, -0.25) is 14.5 Å². The molecule has 5 nitrogen and oxygen atoms in total. The van der Waals surface area contributed by atoms with Crippen LogP contribution in [0.1, 0.15) is 63.0 Å². The first-order valence-corrected chi connectivity index (χ1v) is 11.0. The fourth-order valence-corrected chi connectivity index (χ4v) is 4.56. The van der Waals surface area contributed by atoms with E-state index in [0.29, 0.717) is 19.0 Å². The average Bonchev–Trinajstić information content (AvgIpc) is 3.17. The summed E-state index contributed by atoms with van der Waals surface area (Å²) in [6.45, 7) is 2.26. The van der Waals surface area contributed by atoms with Gasteiger partial charge in [-0.15, -0.1) is 0 Å². The quantitative estimate of drug-likeness (QED) is 0.688. The summed E-state index contributed by atoms with van der Waals surface area (Å²) in [5.41, 5.74) is 0.996. The molecule has 1 heterocycles. The third-order valence-electron chi connectivity index (χ3n) is 5.54. The summed E-state index contributed by atoms with van der Waals surface area (Å²) in [5.74, 6) is 0.0304. The lowest BCUT2D eigenvalue weighted by Crippen LogP contribution is -2.41. The molecule has 3 rings (SSSR count). The van der Waals surface area contributed by atoms with Crippen molar-refractivity contribution in [3.05, 3.63) is 34.3 Å². The molecule has 1 aliphatic carbocycles. The van der Waals surface area contributed by atoms with Gasteiger partial charge in [0, 0.05) is 23.5 Å². The summed E-state index contributed by atoms with van der Waals surface area (Å²) in [6.07, 6.45) is 8.43. The van der Waals surface area contributed by atoms with Gasteiger partial charge >= 0.3 is 0 Å². The van der Waals surface area contributed by atoms with Crippen LogP contribution in [0, 0.1) is 0 Å². The molecule has 1 unspecified atom stereocenters. The minimum atomic E-state index is -0.286. The Bertz CT molecular complexity index is 640. The van der Waals surface area contributed by atoms with Gasteiger partial charge in [0.1, 0.15) is 6.04 Å². The maximum atomic E-state index is 12.9. The monoisotopic (exact) mass is 435 g/mol. The lowest BCUT2D eigenvalue weighted by Gasteiger charge is -2.27. The molecular weight excluding hydrogens is 406 g/mol. The number of nitrogens with one attached hydrogen (secondary N) is 2. The summed E-state index contributed by atoms with van der Waals surface area (Å²) < 4.78 is 0.976. The van der Waals surface area contributed by atoms with E-state index in [1.807, 2.05) is 24.3 Å². The van der Waals surface area contributed by atoms with Crippen LogP contribution < -0.4 is 10.6 Å². The molecule has 27 heavy (non-hydrogen) atoms. The first-order chi connectivity index (χ1) is 13.1. The molecule has 0 spiro atoms. The van der Waals surface area contributed by atoms with Crippen LogP contribution in [0.3, 0.4) is 0 Å². The zero-order valence-corrected chi connectivity index (χ0v) is 17.5. The molecule has 1 aromatic carbocycles. The van der Waals surface area contributed by atoms with Gasteiger partial charge in [-0.05, 0) is 56.5 Å². The molecule has 0 radical (unpaired) electrons. The summed E-state index contributed by atoms with van der Waals surface area (Å²) in [6, 6.07) is 7.99. The maximum absolute atomic E-state index is 12.9. The van der Waals surface area contributed by atoms with Crippen molar-refractivity contribution in [1.29, 1.82) is 0 Å². The molecule has 2 fully saturated rings. The van der Waals surface area contributed by atoms with E-state index in [2.05, 4.69) is 31.5 Å². The van der Waals surface area contributed by atoms with Gasteiger partial charge in [0.25, 0.3) is 0 Å². The van der Waals surface area contributed by atoms with Crippen LogP contribution in [0.25, 0.3) is 0 Å². The Balaban J connectivity index is 1.52. The summed E-state index contributed by atoms with van der Waals surface area (Å²) in [5, 5.41) is 6.10. The predicted molar refractivity (Wildman–Crippen MR) is 110 cm³/mol. The minimum absolute atomic E-state index is 0.0135. The summed E-state index contributed by atoms with van der Waals surface area (Å²) >= 11 is 3.50. The van der Waals surface area contributed by atoms with E-state index in [9.17, 15) is 9.59 Å². The smallest absolute Gasteiger partial charge is 0.241 e. The van der Waals surface area contributed by atoms with Crippen molar-refractivity contribution < 1.29 is 9.59 Å². The number of rotatable bonds is 7. The molecule has 6 heteroatoms. The summed E-state index contributed by atoms with van der Waals surface area (Å²) in [4.78, 5) is 27.3. The van der Waals surface area contributed by atoms with Crippen molar-refractivity contribution in [3.8, 4) is 0 Å². The van der Waals surface area contributed by atoms with E-state index < -0.39 is 0 Å². The second-order valence-corrected chi connectivity index (χ2v) is 8.56. The first kappa shape index (κ1) is 20.3. The van der Waals surface area contributed by atoms with Crippen molar-refractivity contribution in [1.82, 2.24) is 15.5 Å². The van der Waals surface area contributed by atoms with Crippen LogP contribution in [0.2, 0.25) is 0 Å². The number of benzene rings is 1. The van der Waals surface area contributed by atoms with E-state index in [4.69, 9.17) is 0 Å². The van der Waals surface area contributed by atoms with Gasteiger partial charge in [-0.1, -0.05) is 47.3 Å². The molecule has 1 aromatic rings. The second-order valence-electron chi connectivity index (χ2n) is 7.64. The normalized spacial score (nSPS) is 19.6. The Kier molecular flexibility index (Phi) is 7.70. The van der Waals surface area contributed by atoms with Crippen LogP contribution in [0.15, 0.2) is 28.7 Å². The number of likely N-dealkylation sites (tertiary alicyclic amines) is 1. The largest absolute Gasteiger partial charge is 0.354 e. The molecule has 148 valence electrons. The highest BCUT2D eigenvalue weighted by atomic mass is 79.9. The maximum Gasteiger partial charge on any atom is 0.241 e. The average molecular weight is 436 g/mol. The van der Waals surface area contributed by atoms with Gasteiger partial charge in [0.05, 0.1) is 0 Å². The van der Waals surface area contributed by atoms with Gasteiger partial charge < -0.3 is 10.6 Å². The molecule has 0 aromatic heterocycles. The van der Waals surface area contributed by atoms with Crippen LogP contribution in [-0.2, 0) is 9.59 Å². The summed E-state index contributed by atoms with van der Waals surface area (Å²) in [7, 11) is 0. The van der Waals surface area contributed by atoms with Crippen molar-refractivity contribution in [3.63, 3.8) is 0 Å². The van der Waals surface area contributed by atoms with E-state index in [0.717, 1.165) is 48.8 Å². The first-order valence-electron chi connectivity index (χ1n) is 10.2. The molecule has 0 bridgehead atoms. The van der Waals surface area contributed by atoms with E-state index in [1.165, 1.54) is 19.3 Å². The highest BCUT2D eigenvalue weighted by Crippen LogP contribution is 2.27. The Morgan fingerprint density at radius 3 is 2.56 bits per heavy atom. The Labute approximate surface area is 170 Å². The van der Waals surface area contributed by atoms with Crippen molar-refractivity contribution in [2.75, 3.05) is 19.6 Å². The van der Waals surface area contributed by atoms with Gasteiger partial charge in [-0.2, -0.15) is 0 Å². The molecule has 1 atom stereocenters. The number of carbonyl (C=O) groups is 2. The molecule has 2 amide bonds. The third kappa shape index (κ3) is 6.04. The van der Waals surface area contributed by atoms with Crippen LogP contribution >= 0.6 is 15.9 Å². The van der Waals surface area contributed by atoms with Crippen molar-refractivity contribution in [2.24, 2.45) is 0 Å². The number of halogens is 1. The lowest BCUT2D eigenvalue weighted by atomic mass is 9.95. The third-order valence-corrected chi connectivity index (χ3v) is 6.03.